The van der Waals surface area contributed by atoms with Gasteiger partial charge in [-0.25, -0.2) is 14.5 Å². The predicted octanol–water partition coefficient (Wildman–Crippen LogP) is 1.51. The van der Waals surface area contributed by atoms with Crippen LogP contribution in [0.15, 0.2) is 30.3 Å². The van der Waals surface area contributed by atoms with Gasteiger partial charge in [-0.15, -0.1) is 0 Å². The second-order valence-corrected chi connectivity index (χ2v) is 4.11. The molecule has 5 nitrogen and oxygen atoms in total. The number of nitrogens with zero attached hydrogens (tertiary/aromatic N) is 1. The summed E-state index contributed by atoms with van der Waals surface area (Å²) in [6.07, 6.45) is -0.160. The number of cyclic esters (lactones) is 2. The first-order chi connectivity index (χ1) is 8.59. The van der Waals surface area contributed by atoms with E-state index in [-0.39, 0.29) is 12.3 Å². The van der Waals surface area contributed by atoms with Crippen LogP contribution in [0.25, 0.3) is 0 Å². The third kappa shape index (κ3) is 2.40. The van der Waals surface area contributed by atoms with Crippen LogP contribution >= 0.6 is 0 Å². The highest BCUT2D eigenvalue weighted by molar-refractivity contribution is 6.05. The molecule has 1 fully saturated rings. The van der Waals surface area contributed by atoms with Gasteiger partial charge in [0.15, 0.2) is 0 Å². The molecule has 1 heterocycles. The van der Waals surface area contributed by atoms with Crippen molar-refractivity contribution < 1.29 is 19.1 Å². The van der Waals surface area contributed by atoms with Crippen LogP contribution in [0.3, 0.4) is 0 Å². The molecule has 0 bridgehead atoms. The van der Waals surface area contributed by atoms with E-state index in [0.29, 0.717) is 6.42 Å². The number of amides is 2. The van der Waals surface area contributed by atoms with Crippen molar-refractivity contribution in [3.63, 3.8) is 0 Å². The number of esters is 1. The molecule has 0 spiro atoms. The first-order valence-electron chi connectivity index (χ1n) is 5.71. The van der Waals surface area contributed by atoms with Gasteiger partial charge in [0, 0.05) is 6.42 Å². The molecule has 2 amide bonds. The van der Waals surface area contributed by atoms with Gasteiger partial charge in [-0.05, 0) is 18.9 Å². The zero-order valence-electron chi connectivity index (χ0n) is 9.96. The maximum absolute atomic E-state index is 11.9. The Morgan fingerprint density at radius 3 is 2.50 bits per heavy atom. The van der Waals surface area contributed by atoms with Crippen molar-refractivity contribution in [3.05, 3.63) is 35.9 Å². The van der Waals surface area contributed by atoms with Crippen molar-refractivity contribution in [1.82, 2.24) is 4.90 Å². The first-order valence-corrected chi connectivity index (χ1v) is 5.71. The molecule has 18 heavy (non-hydrogen) atoms. The highest BCUT2D eigenvalue weighted by atomic mass is 16.6. The van der Waals surface area contributed by atoms with E-state index in [1.807, 2.05) is 30.3 Å². The standard InChI is InChI=1S/C13H13NO4/c1-9-12(16)18-13(17)14(9)11(15)8-7-10-5-3-2-4-6-10/h2-6,9H,7-8H2,1H3/t9-/m0/s1. The summed E-state index contributed by atoms with van der Waals surface area (Å²) in [5.74, 6) is -1.06. The monoisotopic (exact) mass is 247 g/mol. The Bertz CT molecular complexity index is 483. The average molecular weight is 247 g/mol. The molecule has 1 saturated heterocycles. The van der Waals surface area contributed by atoms with E-state index in [4.69, 9.17) is 0 Å². The van der Waals surface area contributed by atoms with Crippen molar-refractivity contribution in [2.45, 2.75) is 25.8 Å². The first kappa shape index (κ1) is 12.3. The highest BCUT2D eigenvalue weighted by Gasteiger charge is 2.41. The Balaban J connectivity index is 1.96. The van der Waals surface area contributed by atoms with Crippen molar-refractivity contribution in [3.8, 4) is 0 Å². The lowest BCUT2D eigenvalue weighted by molar-refractivity contribution is -0.137. The zero-order chi connectivity index (χ0) is 13.1. The van der Waals surface area contributed by atoms with Crippen molar-refractivity contribution in [1.29, 1.82) is 0 Å². The molecule has 94 valence electrons. The minimum Gasteiger partial charge on any atom is -0.374 e. The van der Waals surface area contributed by atoms with Gasteiger partial charge in [0.1, 0.15) is 6.04 Å². The molecule has 0 saturated carbocycles. The number of ether oxygens (including phenoxy) is 1. The number of hydrogen-bond donors (Lipinski definition) is 0. The number of benzene rings is 1. The molecule has 2 rings (SSSR count). The molecule has 0 radical (unpaired) electrons. The predicted molar refractivity (Wildman–Crippen MR) is 62.6 cm³/mol. The summed E-state index contributed by atoms with van der Waals surface area (Å²) in [5, 5.41) is 0. The van der Waals surface area contributed by atoms with Crippen LogP contribution in [-0.2, 0) is 20.7 Å². The molecule has 1 aromatic carbocycles. The summed E-state index contributed by atoms with van der Waals surface area (Å²) in [5.41, 5.74) is 1.01. The molecule has 0 aliphatic carbocycles. The largest absolute Gasteiger partial charge is 0.425 e. The average Bonchev–Trinajstić information content (AvgIpc) is 2.62. The van der Waals surface area contributed by atoms with E-state index < -0.39 is 18.1 Å². The van der Waals surface area contributed by atoms with Crippen molar-refractivity contribution in [2.75, 3.05) is 0 Å². The summed E-state index contributed by atoms with van der Waals surface area (Å²) in [4.78, 5) is 35.2. The molecular weight excluding hydrogens is 234 g/mol. The van der Waals surface area contributed by atoms with Crippen molar-refractivity contribution >= 4 is 18.0 Å². The highest BCUT2D eigenvalue weighted by Crippen LogP contribution is 2.15. The van der Waals surface area contributed by atoms with E-state index in [1.54, 1.807) is 0 Å². The van der Waals surface area contributed by atoms with Gasteiger partial charge in [0.2, 0.25) is 5.91 Å². The van der Waals surface area contributed by atoms with Gasteiger partial charge >= 0.3 is 12.1 Å². The van der Waals surface area contributed by atoms with Gasteiger partial charge < -0.3 is 4.74 Å². The third-order valence-corrected chi connectivity index (χ3v) is 2.85. The maximum atomic E-state index is 11.9. The second-order valence-electron chi connectivity index (χ2n) is 4.11. The normalized spacial score (nSPS) is 18.9. The summed E-state index contributed by atoms with van der Waals surface area (Å²) in [6, 6.07) is 8.66. The SMILES string of the molecule is C[C@H]1C(=O)OC(=O)N1C(=O)CCc1ccccc1. The van der Waals surface area contributed by atoms with Gasteiger partial charge in [-0.3, -0.25) is 4.79 Å². The summed E-state index contributed by atoms with van der Waals surface area (Å²) in [7, 11) is 0. The number of carbonyl (C=O) groups is 3. The van der Waals surface area contributed by atoms with E-state index in [1.165, 1.54) is 6.92 Å². The maximum Gasteiger partial charge on any atom is 0.425 e. The molecule has 0 N–H and O–H groups in total. The van der Waals surface area contributed by atoms with Crippen LogP contribution < -0.4 is 0 Å². The number of carbonyl (C=O) groups excluding carboxylic acids is 3. The van der Waals surface area contributed by atoms with Crippen LogP contribution in [0, 0.1) is 0 Å². The van der Waals surface area contributed by atoms with Crippen LogP contribution in [0.2, 0.25) is 0 Å². The van der Waals surface area contributed by atoms with Gasteiger partial charge in [-0.2, -0.15) is 0 Å². The smallest absolute Gasteiger partial charge is 0.374 e. The summed E-state index contributed by atoms with van der Waals surface area (Å²) < 4.78 is 4.39. The zero-order valence-corrected chi connectivity index (χ0v) is 9.96. The Morgan fingerprint density at radius 1 is 1.28 bits per heavy atom. The number of rotatable bonds is 3. The number of aryl methyl sites for hydroxylation is 1. The lowest BCUT2D eigenvalue weighted by Gasteiger charge is -2.14. The van der Waals surface area contributed by atoms with Crippen LogP contribution in [-0.4, -0.2) is 28.9 Å². The van der Waals surface area contributed by atoms with Crippen LogP contribution in [0.4, 0.5) is 4.79 Å². The van der Waals surface area contributed by atoms with E-state index in [0.717, 1.165) is 10.5 Å². The number of imide groups is 1. The molecule has 5 heteroatoms. The fraction of sp³-hybridized carbons (Fsp3) is 0.308. The van der Waals surface area contributed by atoms with Crippen LogP contribution in [0.1, 0.15) is 18.9 Å². The molecule has 1 aliphatic heterocycles. The quantitative estimate of drug-likeness (QED) is 0.600. The Labute approximate surface area is 104 Å². The van der Waals surface area contributed by atoms with E-state index >= 15 is 0 Å². The fourth-order valence-electron chi connectivity index (χ4n) is 1.82. The summed E-state index contributed by atoms with van der Waals surface area (Å²) >= 11 is 0. The molecule has 0 aromatic heterocycles. The summed E-state index contributed by atoms with van der Waals surface area (Å²) in [6.45, 7) is 1.48. The molecule has 1 atom stereocenters. The topological polar surface area (TPSA) is 63.7 Å². The van der Waals surface area contributed by atoms with Crippen molar-refractivity contribution in [2.24, 2.45) is 0 Å². The van der Waals surface area contributed by atoms with E-state index in [9.17, 15) is 14.4 Å². The van der Waals surface area contributed by atoms with E-state index in [2.05, 4.69) is 4.74 Å². The molecule has 0 unspecified atom stereocenters. The fourth-order valence-corrected chi connectivity index (χ4v) is 1.82. The van der Waals surface area contributed by atoms with Gasteiger partial charge in [-0.1, -0.05) is 30.3 Å². The minimum atomic E-state index is -0.870. The van der Waals surface area contributed by atoms with Gasteiger partial charge in [0.05, 0.1) is 0 Å². The minimum absolute atomic E-state index is 0.177. The molecular formula is C13H13NO4. The Hall–Kier alpha value is -2.17. The Kier molecular flexibility index (Phi) is 3.41. The number of hydrogen-bond acceptors (Lipinski definition) is 4. The van der Waals surface area contributed by atoms with Crippen LogP contribution in [0.5, 0.6) is 0 Å². The Morgan fingerprint density at radius 2 is 1.94 bits per heavy atom. The molecule has 1 aromatic rings. The van der Waals surface area contributed by atoms with Gasteiger partial charge in [0.25, 0.3) is 0 Å². The molecule has 1 aliphatic rings. The lowest BCUT2D eigenvalue weighted by atomic mass is 10.1. The lowest BCUT2D eigenvalue weighted by Crippen LogP contribution is -2.38. The third-order valence-electron chi connectivity index (χ3n) is 2.85. The second kappa shape index (κ2) is 5.00.